The highest BCUT2D eigenvalue weighted by molar-refractivity contribution is 6.03. The first-order valence-electron chi connectivity index (χ1n) is 8.89. The van der Waals surface area contributed by atoms with Crippen LogP contribution in [0, 0.1) is 6.92 Å². The van der Waals surface area contributed by atoms with Gasteiger partial charge in [-0.05, 0) is 55.8 Å². The fraction of sp³-hybridized carbons (Fsp3) is 0.190. The van der Waals surface area contributed by atoms with E-state index in [0.717, 1.165) is 5.56 Å². The molecule has 29 heavy (non-hydrogen) atoms. The predicted molar refractivity (Wildman–Crippen MR) is 103 cm³/mol. The average Bonchev–Trinajstić information content (AvgIpc) is 3.41. The number of esters is 1. The lowest BCUT2D eigenvalue weighted by Gasteiger charge is -2.12. The van der Waals surface area contributed by atoms with E-state index in [9.17, 15) is 14.4 Å². The van der Waals surface area contributed by atoms with Gasteiger partial charge in [0.25, 0.3) is 11.8 Å². The highest BCUT2D eigenvalue weighted by atomic mass is 16.5. The van der Waals surface area contributed by atoms with Crippen LogP contribution in [-0.2, 0) is 9.53 Å². The molecule has 2 heterocycles. The summed E-state index contributed by atoms with van der Waals surface area (Å²) in [6, 6.07) is 11.0. The van der Waals surface area contributed by atoms with Gasteiger partial charge >= 0.3 is 5.97 Å². The molecule has 3 aromatic rings. The summed E-state index contributed by atoms with van der Waals surface area (Å²) in [7, 11) is 0. The van der Waals surface area contributed by atoms with Gasteiger partial charge in [0.05, 0.1) is 24.1 Å². The number of benzene rings is 1. The van der Waals surface area contributed by atoms with E-state index in [1.807, 2.05) is 0 Å². The molecule has 0 radical (unpaired) electrons. The molecule has 0 aliphatic rings. The normalized spacial score (nSPS) is 11.5. The molecule has 8 nitrogen and oxygen atoms in total. The lowest BCUT2D eigenvalue weighted by molar-refractivity contribution is -0.125. The molecule has 2 aromatic heterocycles. The molecule has 0 spiro atoms. The monoisotopic (exact) mass is 396 g/mol. The Morgan fingerprint density at radius 3 is 2.52 bits per heavy atom. The van der Waals surface area contributed by atoms with Gasteiger partial charge in [0.1, 0.15) is 5.76 Å². The van der Waals surface area contributed by atoms with Gasteiger partial charge in [0.15, 0.2) is 12.4 Å². The molecular weight excluding hydrogens is 376 g/mol. The van der Waals surface area contributed by atoms with Crippen molar-refractivity contribution < 1.29 is 28.0 Å². The number of hydrogen-bond donors (Lipinski definition) is 2. The van der Waals surface area contributed by atoms with Crippen LogP contribution in [0.1, 0.15) is 45.2 Å². The molecule has 1 atom stereocenters. The fourth-order valence-electron chi connectivity index (χ4n) is 2.58. The molecule has 8 heteroatoms. The molecule has 0 aliphatic heterocycles. The number of ether oxygens (including phenoxy) is 1. The van der Waals surface area contributed by atoms with Gasteiger partial charge < -0.3 is 24.2 Å². The lowest BCUT2D eigenvalue weighted by atomic mass is 10.1. The Bertz CT molecular complexity index is 992. The molecule has 0 unspecified atom stereocenters. The largest absolute Gasteiger partial charge is 0.467 e. The van der Waals surface area contributed by atoms with Crippen molar-refractivity contribution in [3.8, 4) is 0 Å². The Morgan fingerprint density at radius 2 is 1.83 bits per heavy atom. The first-order chi connectivity index (χ1) is 13.9. The summed E-state index contributed by atoms with van der Waals surface area (Å²) in [6.45, 7) is 3.11. The topological polar surface area (TPSA) is 111 Å². The van der Waals surface area contributed by atoms with Crippen molar-refractivity contribution in [3.05, 3.63) is 77.6 Å². The lowest BCUT2D eigenvalue weighted by Crippen LogP contribution is -2.31. The van der Waals surface area contributed by atoms with E-state index in [2.05, 4.69) is 10.6 Å². The summed E-state index contributed by atoms with van der Waals surface area (Å²) in [4.78, 5) is 36.4. The van der Waals surface area contributed by atoms with Crippen LogP contribution in [0.3, 0.4) is 0 Å². The van der Waals surface area contributed by atoms with Crippen molar-refractivity contribution in [2.45, 2.75) is 19.9 Å². The van der Waals surface area contributed by atoms with Crippen LogP contribution < -0.4 is 10.6 Å². The van der Waals surface area contributed by atoms with E-state index in [-0.39, 0.29) is 17.4 Å². The second-order valence-electron chi connectivity index (χ2n) is 6.34. The molecule has 0 bridgehead atoms. The maximum absolute atomic E-state index is 12.3. The second-order valence-corrected chi connectivity index (χ2v) is 6.34. The molecule has 0 saturated carbocycles. The van der Waals surface area contributed by atoms with Gasteiger partial charge in [-0.15, -0.1) is 0 Å². The highest BCUT2D eigenvalue weighted by Crippen LogP contribution is 2.19. The number of amides is 2. The van der Waals surface area contributed by atoms with E-state index in [1.54, 1.807) is 44.2 Å². The zero-order chi connectivity index (χ0) is 20.8. The van der Waals surface area contributed by atoms with E-state index >= 15 is 0 Å². The minimum atomic E-state index is -0.681. The van der Waals surface area contributed by atoms with Crippen molar-refractivity contribution in [2.75, 3.05) is 11.9 Å². The van der Waals surface area contributed by atoms with Crippen LogP contribution in [0.2, 0.25) is 0 Å². The smallest absolute Gasteiger partial charge is 0.338 e. The van der Waals surface area contributed by atoms with Crippen molar-refractivity contribution >= 4 is 23.5 Å². The van der Waals surface area contributed by atoms with Gasteiger partial charge in [-0.2, -0.15) is 0 Å². The Hall–Kier alpha value is -3.81. The van der Waals surface area contributed by atoms with E-state index in [1.165, 1.54) is 24.7 Å². The minimum absolute atomic E-state index is 0.153. The summed E-state index contributed by atoms with van der Waals surface area (Å²) in [5.41, 5.74) is 1.40. The number of hydrogen-bond acceptors (Lipinski definition) is 6. The van der Waals surface area contributed by atoms with Gasteiger partial charge in [-0.3, -0.25) is 9.59 Å². The van der Waals surface area contributed by atoms with Crippen molar-refractivity contribution in [3.63, 3.8) is 0 Å². The Labute approximate surface area is 166 Å². The summed E-state index contributed by atoms with van der Waals surface area (Å²) in [6.07, 6.45) is 2.91. The van der Waals surface area contributed by atoms with Gasteiger partial charge in [0.2, 0.25) is 0 Å². The van der Waals surface area contributed by atoms with Crippen molar-refractivity contribution in [1.29, 1.82) is 0 Å². The number of furan rings is 2. The van der Waals surface area contributed by atoms with Crippen LogP contribution in [-0.4, -0.2) is 24.4 Å². The molecule has 0 fully saturated rings. The van der Waals surface area contributed by atoms with E-state index < -0.39 is 24.4 Å². The minimum Gasteiger partial charge on any atom is -0.467 e. The van der Waals surface area contributed by atoms with Crippen LogP contribution in [0.5, 0.6) is 0 Å². The van der Waals surface area contributed by atoms with Gasteiger partial charge in [-0.1, -0.05) is 6.07 Å². The number of carbonyl (C=O) groups excluding carboxylic acids is 3. The van der Waals surface area contributed by atoms with Gasteiger partial charge in [-0.25, -0.2) is 4.79 Å². The average molecular weight is 396 g/mol. The molecule has 150 valence electrons. The van der Waals surface area contributed by atoms with E-state index in [0.29, 0.717) is 11.4 Å². The first-order valence-corrected chi connectivity index (χ1v) is 8.89. The molecule has 2 N–H and O–H groups in total. The predicted octanol–water partition coefficient (Wildman–Crippen LogP) is 3.47. The Balaban J connectivity index is 1.57. The number of aryl methyl sites for hydroxylation is 1. The standard InChI is InChI=1S/C21H20N2O6/c1-13-7-8-15(11-16(13)23-20(25)18-6-4-10-28-18)21(26)29-12-19(24)22-14(2)17-5-3-9-27-17/h3-11,14H,12H2,1-2H3,(H,22,24)(H,23,25)/t14-/m0/s1. The molecule has 0 aliphatic carbocycles. The highest BCUT2D eigenvalue weighted by Gasteiger charge is 2.16. The van der Waals surface area contributed by atoms with Crippen LogP contribution >= 0.6 is 0 Å². The zero-order valence-corrected chi connectivity index (χ0v) is 15.9. The molecular formula is C21H20N2O6. The fourth-order valence-corrected chi connectivity index (χ4v) is 2.58. The SMILES string of the molecule is Cc1ccc(C(=O)OCC(=O)N[C@@H](C)c2ccco2)cc1NC(=O)c1ccco1. The Morgan fingerprint density at radius 1 is 1.07 bits per heavy atom. The summed E-state index contributed by atoms with van der Waals surface area (Å²) in [5, 5.41) is 5.36. The Kier molecular flexibility index (Phi) is 6.13. The molecule has 3 rings (SSSR count). The van der Waals surface area contributed by atoms with Crippen molar-refractivity contribution in [2.24, 2.45) is 0 Å². The summed E-state index contributed by atoms with van der Waals surface area (Å²) in [5.74, 6) is -0.824. The summed E-state index contributed by atoms with van der Waals surface area (Å²) >= 11 is 0. The third-order valence-electron chi connectivity index (χ3n) is 4.15. The number of nitrogens with one attached hydrogen (secondary N) is 2. The third kappa shape index (κ3) is 5.13. The van der Waals surface area contributed by atoms with Crippen LogP contribution in [0.25, 0.3) is 0 Å². The molecule has 0 saturated heterocycles. The second kappa shape index (κ2) is 8.92. The number of carbonyl (C=O) groups is 3. The van der Waals surface area contributed by atoms with E-state index in [4.69, 9.17) is 13.6 Å². The quantitative estimate of drug-likeness (QED) is 0.592. The maximum atomic E-state index is 12.3. The number of rotatable bonds is 7. The third-order valence-corrected chi connectivity index (χ3v) is 4.15. The van der Waals surface area contributed by atoms with Crippen molar-refractivity contribution in [1.82, 2.24) is 5.32 Å². The maximum Gasteiger partial charge on any atom is 0.338 e. The molecule has 1 aromatic carbocycles. The van der Waals surface area contributed by atoms with Crippen LogP contribution in [0.15, 0.2) is 63.8 Å². The first kappa shape index (κ1) is 19.9. The zero-order valence-electron chi connectivity index (χ0n) is 15.9. The van der Waals surface area contributed by atoms with Gasteiger partial charge in [0, 0.05) is 5.69 Å². The molecule has 2 amide bonds. The van der Waals surface area contributed by atoms with Crippen LogP contribution in [0.4, 0.5) is 5.69 Å². The number of anilines is 1. The summed E-state index contributed by atoms with van der Waals surface area (Å²) < 4.78 is 15.3.